The SMILES string of the molecule is O=C(O)CCCCC=Cc1cnc(Cl)nc1. The minimum Gasteiger partial charge on any atom is -0.481 e. The van der Waals surface area contributed by atoms with Gasteiger partial charge in [-0.3, -0.25) is 4.79 Å². The van der Waals surface area contributed by atoms with Crippen molar-refractivity contribution >= 4 is 23.6 Å². The van der Waals surface area contributed by atoms with Gasteiger partial charge in [0.15, 0.2) is 0 Å². The summed E-state index contributed by atoms with van der Waals surface area (Å²) in [6.45, 7) is 0. The van der Waals surface area contributed by atoms with Crippen molar-refractivity contribution in [2.45, 2.75) is 25.7 Å². The van der Waals surface area contributed by atoms with Crippen LogP contribution in [0.1, 0.15) is 31.2 Å². The minimum absolute atomic E-state index is 0.234. The van der Waals surface area contributed by atoms with Gasteiger partial charge in [0.2, 0.25) is 5.28 Å². The number of hydrogen-bond donors (Lipinski definition) is 1. The fraction of sp³-hybridized carbons (Fsp3) is 0.364. The molecule has 0 aromatic carbocycles. The maximum absolute atomic E-state index is 10.2. The van der Waals surface area contributed by atoms with Gasteiger partial charge in [0.05, 0.1) is 0 Å². The standard InChI is InChI=1S/C11H13ClN2O2/c12-11-13-7-9(8-14-11)5-3-1-2-4-6-10(15)16/h3,5,7-8H,1-2,4,6H2,(H,15,16). The summed E-state index contributed by atoms with van der Waals surface area (Å²) in [6.07, 6.45) is 9.83. The molecule has 0 aliphatic heterocycles. The van der Waals surface area contributed by atoms with Gasteiger partial charge in [-0.25, -0.2) is 9.97 Å². The van der Waals surface area contributed by atoms with Crippen LogP contribution in [0.5, 0.6) is 0 Å². The van der Waals surface area contributed by atoms with E-state index in [-0.39, 0.29) is 11.7 Å². The second-order valence-electron chi connectivity index (χ2n) is 3.33. The fourth-order valence-corrected chi connectivity index (χ4v) is 1.26. The van der Waals surface area contributed by atoms with Gasteiger partial charge in [0.25, 0.3) is 0 Å². The molecule has 1 aromatic rings. The first-order valence-corrected chi connectivity index (χ1v) is 5.42. The highest BCUT2D eigenvalue weighted by molar-refractivity contribution is 6.28. The molecule has 86 valence electrons. The molecule has 0 aliphatic rings. The smallest absolute Gasteiger partial charge is 0.303 e. The maximum Gasteiger partial charge on any atom is 0.303 e. The number of carboxylic acid groups (broad SMARTS) is 1. The molecule has 1 heterocycles. The van der Waals surface area contributed by atoms with Crippen LogP contribution in [-0.2, 0) is 4.79 Å². The first-order valence-electron chi connectivity index (χ1n) is 5.04. The number of unbranched alkanes of at least 4 members (excludes halogenated alkanes) is 2. The lowest BCUT2D eigenvalue weighted by Gasteiger charge is -1.94. The summed E-state index contributed by atoms with van der Waals surface area (Å²) in [5, 5.41) is 8.66. The van der Waals surface area contributed by atoms with E-state index in [2.05, 4.69) is 9.97 Å². The average Bonchev–Trinajstić information content (AvgIpc) is 2.25. The Balaban J connectivity index is 2.22. The highest BCUT2D eigenvalue weighted by Gasteiger charge is 1.94. The zero-order valence-electron chi connectivity index (χ0n) is 8.77. The van der Waals surface area contributed by atoms with E-state index in [0.29, 0.717) is 6.42 Å². The van der Waals surface area contributed by atoms with Crippen LogP contribution < -0.4 is 0 Å². The molecule has 0 spiro atoms. The molecule has 1 rings (SSSR count). The van der Waals surface area contributed by atoms with E-state index in [1.54, 1.807) is 12.4 Å². The van der Waals surface area contributed by atoms with Crippen molar-refractivity contribution in [3.8, 4) is 0 Å². The third kappa shape index (κ3) is 5.46. The Kier molecular flexibility index (Phi) is 5.50. The molecule has 1 N–H and O–H groups in total. The summed E-state index contributed by atoms with van der Waals surface area (Å²) in [7, 11) is 0. The Hall–Kier alpha value is -1.42. The molecule has 0 amide bonds. The Morgan fingerprint density at radius 1 is 1.38 bits per heavy atom. The van der Waals surface area contributed by atoms with Gasteiger partial charge in [-0.2, -0.15) is 0 Å². The molecule has 16 heavy (non-hydrogen) atoms. The predicted molar refractivity (Wildman–Crippen MR) is 62.2 cm³/mol. The van der Waals surface area contributed by atoms with E-state index in [1.165, 1.54) is 0 Å². The topological polar surface area (TPSA) is 63.1 Å². The zero-order valence-corrected chi connectivity index (χ0v) is 9.52. The van der Waals surface area contributed by atoms with Crippen LogP contribution >= 0.6 is 11.6 Å². The number of carbonyl (C=O) groups is 1. The van der Waals surface area contributed by atoms with Crippen LogP contribution in [0.4, 0.5) is 0 Å². The number of allylic oxidation sites excluding steroid dienone is 1. The number of hydrogen-bond acceptors (Lipinski definition) is 3. The lowest BCUT2D eigenvalue weighted by atomic mass is 10.2. The molecule has 0 saturated carbocycles. The van der Waals surface area contributed by atoms with Crippen molar-refractivity contribution in [3.63, 3.8) is 0 Å². The van der Waals surface area contributed by atoms with Gasteiger partial charge in [-0.05, 0) is 30.9 Å². The van der Waals surface area contributed by atoms with Crippen LogP contribution in [0, 0.1) is 0 Å². The summed E-state index contributed by atoms with van der Waals surface area (Å²) >= 11 is 5.54. The summed E-state index contributed by atoms with van der Waals surface area (Å²) in [6, 6.07) is 0. The highest BCUT2D eigenvalue weighted by atomic mass is 35.5. The second-order valence-corrected chi connectivity index (χ2v) is 3.67. The number of nitrogens with zero attached hydrogens (tertiary/aromatic N) is 2. The van der Waals surface area contributed by atoms with Gasteiger partial charge in [0, 0.05) is 24.4 Å². The molecule has 0 fully saturated rings. The van der Waals surface area contributed by atoms with Crippen molar-refractivity contribution in [3.05, 3.63) is 29.3 Å². The monoisotopic (exact) mass is 240 g/mol. The van der Waals surface area contributed by atoms with Crippen LogP contribution in [0.15, 0.2) is 18.5 Å². The number of carboxylic acids is 1. The van der Waals surface area contributed by atoms with E-state index in [4.69, 9.17) is 16.7 Å². The van der Waals surface area contributed by atoms with E-state index in [9.17, 15) is 4.79 Å². The average molecular weight is 241 g/mol. The van der Waals surface area contributed by atoms with Crippen molar-refractivity contribution < 1.29 is 9.90 Å². The normalized spacial score (nSPS) is 10.8. The molecule has 0 radical (unpaired) electrons. The fourth-order valence-electron chi connectivity index (χ4n) is 1.17. The van der Waals surface area contributed by atoms with E-state index < -0.39 is 5.97 Å². The maximum atomic E-state index is 10.2. The van der Waals surface area contributed by atoms with Crippen molar-refractivity contribution in [1.82, 2.24) is 9.97 Å². The Morgan fingerprint density at radius 2 is 2.06 bits per heavy atom. The Morgan fingerprint density at radius 3 is 2.69 bits per heavy atom. The molecule has 0 saturated heterocycles. The highest BCUT2D eigenvalue weighted by Crippen LogP contribution is 2.05. The van der Waals surface area contributed by atoms with Crippen molar-refractivity contribution in [1.29, 1.82) is 0 Å². The molecule has 0 aliphatic carbocycles. The first kappa shape index (κ1) is 12.6. The summed E-state index contributed by atoms with van der Waals surface area (Å²) in [4.78, 5) is 17.9. The molecule has 0 unspecified atom stereocenters. The van der Waals surface area contributed by atoms with Gasteiger partial charge < -0.3 is 5.11 Å². The van der Waals surface area contributed by atoms with Crippen LogP contribution in [0.3, 0.4) is 0 Å². The molecule has 0 bridgehead atoms. The molecule has 0 atom stereocenters. The molecular formula is C11H13ClN2O2. The number of aliphatic carboxylic acids is 1. The largest absolute Gasteiger partial charge is 0.481 e. The second kappa shape index (κ2) is 6.95. The Bertz CT molecular complexity index is 363. The van der Waals surface area contributed by atoms with E-state index >= 15 is 0 Å². The molecule has 1 aromatic heterocycles. The van der Waals surface area contributed by atoms with Crippen LogP contribution in [0.2, 0.25) is 5.28 Å². The molecule has 5 heteroatoms. The van der Waals surface area contributed by atoms with E-state index in [0.717, 1.165) is 18.4 Å². The summed E-state index contributed by atoms with van der Waals surface area (Å²) < 4.78 is 0. The van der Waals surface area contributed by atoms with Gasteiger partial charge >= 0.3 is 5.97 Å². The Labute approximate surface area is 99.0 Å². The molecule has 4 nitrogen and oxygen atoms in total. The van der Waals surface area contributed by atoms with Crippen LogP contribution in [0.25, 0.3) is 6.08 Å². The van der Waals surface area contributed by atoms with Gasteiger partial charge in [0.1, 0.15) is 0 Å². The minimum atomic E-state index is -0.741. The number of halogens is 1. The number of rotatable bonds is 6. The zero-order chi connectivity index (χ0) is 11.8. The first-order chi connectivity index (χ1) is 7.68. The van der Waals surface area contributed by atoms with Crippen molar-refractivity contribution in [2.75, 3.05) is 0 Å². The third-order valence-corrected chi connectivity index (χ3v) is 2.16. The molecular weight excluding hydrogens is 228 g/mol. The quantitative estimate of drug-likeness (QED) is 0.614. The van der Waals surface area contributed by atoms with Crippen LogP contribution in [-0.4, -0.2) is 21.0 Å². The number of aromatic nitrogens is 2. The summed E-state index contributed by atoms with van der Waals surface area (Å²) in [5.41, 5.74) is 0.891. The van der Waals surface area contributed by atoms with E-state index in [1.807, 2.05) is 12.2 Å². The lowest BCUT2D eigenvalue weighted by Crippen LogP contribution is -1.92. The predicted octanol–water partition coefficient (Wildman–Crippen LogP) is 2.79. The van der Waals surface area contributed by atoms with Gasteiger partial charge in [-0.15, -0.1) is 0 Å². The summed E-state index contributed by atoms with van der Waals surface area (Å²) in [5.74, 6) is -0.741. The third-order valence-electron chi connectivity index (χ3n) is 1.96. The van der Waals surface area contributed by atoms with Gasteiger partial charge in [-0.1, -0.05) is 12.2 Å². The van der Waals surface area contributed by atoms with Crippen molar-refractivity contribution in [2.24, 2.45) is 0 Å². The lowest BCUT2D eigenvalue weighted by molar-refractivity contribution is -0.137.